The minimum absolute atomic E-state index is 0.0381. The van der Waals surface area contributed by atoms with Gasteiger partial charge in [-0.2, -0.15) is 0 Å². The lowest BCUT2D eigenvalue weighted by Crippen LogP contribution is -2.16. The third-order valence-electron chi connectivity index (χ3n) is 3.24. The first kappa shape index (κ1) is 14.8. The van der Waals surface area contributed by atoms with E-state index < -0.39 is 5.97 Å². The summed E-state index contributed by atoms with van der Waals surface area (Å²) in [4.78, 5) is 14.0. The van der Waals surface area contributed by atoms with Crippen molar-refractivity contribution in [1.82, 2.24) is 5.32 Å². The second-order valence-electron chi connectivity index (χ2n) is 4.75. The minimum Gasteiger partial charge on any atom is -0.463 e. The molecule has 0 saturated carbocycles. The second-order valence-corrected chi connectivity index (χ2v) is 6.09. The maximum Gasteiger partial charge on any atom is 0.373 e. The van der Waals surface area contributed by atoms with Gasteiger partial charge in [0.25, 0.3) is 0 Å². The molecule has 0 aromatic carbocycles. The number of hydrogen-bond donors (Lipinski definition) is 1. The first-order chi connectivity index (χ1) is 9.51. The molecule has 1 N–H and O–H groups in total. The van der Waals surface area contributed by atoms with Crippen LogP contribution in [-0.2, 0) is 11.3 Å². The molecule has 5 heteroatoms. The van der Waals surface area contributed by atoms with Gasteiger partial charge < -0.3 is 14.5 Å². The number of thiophene rings is 1. The van der Waals surface area contributed by atoms with E-state index in [-0.39, 0.29) is 11.8 Å². The van der Waals surface area contributed by atoms with Gasteiger partial charge in [0.1, 0.15) is 5.76 Å². The summed E-state index contributed by atoms with van der Waals surface area (Å²) in [6, 6.07) is 5.67. The van der Waals surface area contributed by atoms with Gasteiger partial charge in [0.2, 0.25) is 5.76 Å². The van der Waals surface area contributed by atoms with Crippen LogP contribution in [0.25, 0.3) is 0 Å². The molecule has 0 fully saturated rings. The van der Waals surface area contributed by atoms with Crippen LogP contribution in [0.4, 0.5) is 0 Å². The number of aryl methyl sites for hydroxylation is 2. The van der Waals surface area contributed by atoms with Crippen molar-refractivity contribution in [2.24, 2.45) is 0 Å². The van der Waals surface area contributed by atoms with Crippen LogP contribution < -0.4 is 5.32 Å². The molecule has 20 heavy (non-hydrogen) atoms. The van der Waals surface area contributed by atoms with Crippen LogP contribution in [0.15, 0.2) is 22.6 Å². The van der Waals surface area contributed by atoms with Crippen LogP contribution in [0.5, 0.6) is 0 Å². The standard InChI is InChI=1S/C15H19NO3S/c1-9-7-12(20-11(9)3)8-16-10(2)13-5-6-14(19-13)15(17)18-4/h5-7,10,16H,8H2,1-4H3. The Bertz CT molecular complexity index is 581. The molecule has 108 valence electrons. The van der Waals surface area contributed by atoms with E-state index in [1.54, 1.807) is 23.5 Å². The lowest BCUT2D eigenvalue weighted by atomic mass is 10.2. The van der Waals surface area contributed by atoms with E-state index in [2.05, 4.69) is 30.0 Å². The number of methoxy groups -OCH3 is 1. The molecule has 0 aliphatic carbocycles. The first-order valence-corrected chi connectivity index (χ1v) is 7.30. The average Bonchev–Trinajstić information content (AvgIpc) is 3.03. The SMILES string of the molecule is COC(=O)c1ccc(C(C)NCc2cc(C)c(C)s2)o1. The Morgan fingerprint density at radius 2 is 2.20 bits per heavy atom. The zero-order chi connectivity index (χ0) is 14.7. The Morgan fingerprint density at radius 3 is 2.80 bits per heavy atom. The monoisotopic (exact) mass is 293 g/mol. The van der Waals surface area contributed by atoms with Gasteiger partial charge in [0, 0.05) is 16.3 Å². The maximum absolute atomic E-state index is 11.3. The summed E-state index contributed by atoms with van der Waals surface area (Å²) >= 11 is 1.80. The fourth-order valence-electron chi connectivity index (χ4n) is 1.89. The molecule has 0 aliphatic rings. The molecular formula is C15H19NO3S. The third kappa shape index (κ3) is 3.29. The Morgan fingerprint density at radius 1 is 1.45 bits per heavy atom. The second kappa shape index (κ2) is 6.24. The molecule has 0 saturated heterocycles. The highest BCUT2D eigenvalue weighted by atomic mass is 32.1. The zero-order valence-electron chi connectivity index (χ0n) is 12.1. The lowest BCUT2D eigenvalue weighted by Gasteiger charge is -2.10. The highest BCUT2D eigenvalue weighted by molar-refractivity contribution is 7.12. The van der Waals surface area contributed by atoms with Crippen molar-refractivity contribution >= 4 is 17.3 Å². The van der Waals surface area contributed by atoms with E-state index in [4.69, 9.17) is 4.42 Å². The third-order valence-corrected chi connectivity index (χ3v) is 4.39. The number of carbonyl (C=O) groups is 1. The van der Waals surface area contributed by atoms with Crippen LogP contribution >= 0.6 is 11.3 Å². The Balaban J connectivity index is 1.96. The molecule has 0 radical (unpaired) electrons. The maximum atomic E-state index is 11.3. The van der Waals surface area contributed by atoms with Gasteiger partial charge >= 0.3 is 5.97 Å². The van der Waals surface area contributed by atoms with Crippen LogP contribution in [-0.4, -0.2) is 13.1 Å². The Labute approximate surface area is 122 Å². The summed E-state index contributed by atoms with van der Waals surface area (Å²) in [5.41, 5.74) is 1.32. The molecule has 0 aliphatic heterocycles. The van der Waals surface area contributed by atoms with E-state index in [1.807, 2.05) is 6.92 Å². The van der Waals surface area contributed by atoms with Crippen LogP contribution in [0.2, 0.25) is 0 Å². The quantitative estimate of drug-likeness (QED) is 0.856. The van der Waals surface area contributed by atoms with E-state index >= 15 is 0 Å². The van der Waals surface area contributed by atoms with E-state index in [9.17, 15) is 4.79 Å². The van der Waals surface area contributed by atoms with E-state index in [1.165, 1.54) is 22.4 Å². The number of ether oxygens (including phenoxy) is 1. The van der Waals surface area contributed by atoms with Gasteiger partial charge in [-0.1, -0.05) is 0 Å². The first-order valence-electron chi connectivity index (χ1n) is 6.48. The van der Waals surface area contributed by atoms with E-state index in [0.29, 0.717) is 0 Å². The minimum atomic E-state index is -0.451. The van der Waals surface area contributed by atoms with Crippen molar-refractivity contribution in [2.75, 3.05) is 7.11 Å². The highest BCUT2D eigenvalue weighted by Crippen LogP contribution is 2.22. The topological polar surface area (TPSA) is 51.5 Å². The summed E-state index contributed by atoms with van der Waals surface area (Å²) in [5.74, 6) is 0.516. The fourth-order valence-corrected chi connectivity index (χ4v) is 2.89. The highest BCUT2D eigenvalue weighted by Gasteiger charge is 2.15. The summed E-state index contributed by atoms with van der Waals surface area (Å²) in [5, 5.41) is 3.39. The van der Waals surface area contributed by atoms with Gasteiger partial charge in [-0.15, -0.1) is 11.3 Å². The lowest BCUT2D eigenvalue weighted by molar-refractivity contribution is 0.0562. The van der Waals surface area contributed by atoms with Gasteiger partial charge in [0.15, 0.2) is 0 Å². The zero-order valence-corrected chi connectivity index (χ0v) is 13.0. The molecule has 1 atom stereocenters. The number of nitrogens with one attached hydrogen (secondary N) is 1. The van der Waals surface area contributed by atoms with E-state index in [0.717, 1.165) is 12.3 Å². The molecule has 2 aromatic rings. The van der Waals surface area contributed by atoms with Crippen molar-refractivity contribution < 1.29 is 13.9 Å². The molecule has 0 bridgehead atoms. The van der Waals surface area contributed by atoms with Crippen molar-refractivity contribution in [3.63, 3.8) is 0 Å². The predicted octanol–water partition coefficient (Wildman–Crippen LogP) is 3.60. The predicted molar refractivity (Wildman–Crippen MR) is 79.1 cm³/mol. The largest absolute Gasteiger partial charge is 0.463 e. The molecule has 0 spiro atoms. The number of rotatable bonds is 5. The van der Waals surface area contributed by atoms with Crippen LogP contribution in [0, 0.1) is 13.8 Å². The fraction of sp³-hybridized carbons (Fsp3) is 0.400. The molecule has 2 rings (SSSR count). The molecule has 0 amide bonds. The van der Waals surface area contributed by atoms with Gasteiger partial charge in [0.05, 0.1) is 13.2 Å². The van der Waals surface area contributed by atoms with Crippen molar-refractivity contribution in [1.29, 1.82) is 0 Å². The van der Waals surface area contributed by atoms with Gasteiger partial charge in [-0.25, -0.2) is 4.79 Å². The summed E-state index contributed by atoms with van der Waals surface area (Å²) in [7, 11) is 1.34. The smallest absolute Gasteiger partial charge is 0.373 e. The van der Waals surface area contributed by atoms with Gasteiger partial charge in [-0.05, 0) is 44.5 Å². The Kier molecular flexibility index (Phi) is 4.62. The number of carbonyl (C=O) groups excluding carboxylic acids is 1. The van der Waals surface area contributed by atoms with Gasteiger partial charge in [-0.3, -0.25) is 0 Å². The molecule has 2 heterocycles. The summed E-state index contributed by atoms with van der Waals surface area (Å²) in [6.07, 6.45) is 0. The summed E-state index contributed by atoms with van der Waals surface area (Å²) < 4.78 is 10.1. The van der Waals surface area contributed by atoms with Crippen molar-refractivity contribution in [3.8, 4) is 0 Å². The number of esters is 1. The number of furan rings is 1. The molecule has 1 unspecified atom stereocenters. The molecular weight excluding hydrogens is 274 g/mol. The Hall–Kier alpha value is -1.59. The van der Waals surface area contributed by atoms with Crippen molar-refractivity contribution in [3.05, 3.63) is 45.0 Å². The molecule has 4 nitrogen and oxygen atoms in total. The van der Waals surface area contributed by atoms with Crippen molar-refractivity contribution in [2.45, 2.75) is 33.4 Å². The normalized spacial score (nSPS) is 12.4. The summed E-state index contributed by atoms with van der Waals surface area (Å²) in [6.45, 7) is 7.04. The average molecular weight is 293 g/mol. The molecule has 2 aromatic heterocycles. The van der Waals surface area contributed by atoms with Crippen LogP contribution in [0.1, 0.15) is 44.6 Å². The number of hydrogen-bond acceptors (Lipinski definition) is 5. The van der Waals surface area contributed by atoms with Crippen LogP contribution in [0.3, 0.4) is 0 Å².